The van der Waals surface area contributed by atoms with Crippen LogP contribution in [-0.2, 0) is 11.2 Å². The number of thiophene rings is 1. The predicted octanol–water partition coefficient (Wildman–Crippen LogP) is 7.53. The Hall–Kier alpha value is -3.37. The van der Waals surface area contributed by atoms with Crippen molar-refractivity contribution < 1.29 is 13.9 Å². The third-order valence-electron chi connectivity index (χ3n) is 11.0. The van der Waals surface area contributed by atoms with Gasteiger partial charge in [-0.2, -0.15) is 0 Å². The summed E-state index contributed by atoms with van der Waals surface area (Å²) < 4.78 is 18.2. The predicted molar refractivity (Wildman–Crippen MR) is 199 cm³/mol. The first-order valence-corrected chi connectivity index (χ1v) is 19.1. The molecule has 1 aliphatic carbocycles. The van der Waals surface area contributed by atoms with Crippen LogP contribution in [0.15, 0.2) is 76.5 Å². The number of piperazine rings is 1. The van der Waals surface area contributed by atoms with Crippen molar-refractivity contribution in [2.75, 3.05) is 83.5 Å². The van der Waals surface area contributed by atoms with E-state index >= 15 is 0 Å². The van der Waals surface area contributed by atoms with E-state index in [9.17, 15) is 0 Å². The molecular formula is C40H53N5O3S. The van der Waals surface area contributed by atoms with Crippen molar-refractivity contribution in [3.8, 4) is 5.75 Å². The first kappa shape index (κ1) is 34.1. The summed E-state index contributed by atoms with van der Waals surface area (Å²) in [6.07, 6.45) is 6.94. The zero-order valence-corrected chi connectivity index (χ0v) is 30.3. The molecule has 1 saturated carbocycles. The number of methoxy groups -OCH3 is 1. The van der Waals surface area contributed by atoms with Crippen LogP contribution in [0.1, 0.15) is 66.2 Å². The second kappa shape index (κ2) is 16.1. The van der Waals surface area contributed by atoms with E-state index in [0.717, 1.165) is 88.5 Å². The summed E-state index contributed by atoms with van der Waals surface area (Å²) in [5.41, 5.74) is 3.56. The summed E-state index contributed by atoms with van der Waals surface area (Å²) in [7, 11) is 6.21. The fourth-order valence-electron chi connectivity index (χ4n) is 8.33. The molecular weight excluding hydrogens is 631 g/mol. The minimum Gasteiger partial charge on any atom is -0.497 e. The molecule has 0 spiro atoms. The molecule has 9 heteroatoms. The van der Waals surface area contributed by atoms with Crippen LogP contribution in [-0.4, -0.2) is 88.5 Å². The molecule has 2 aromatic heterocycles. The Labute approximate surface area is 296 Å². The summed E-state index contributed by atoms with van der Waals surface area (Å²) in [5.74, 6) is 4.11. The lowest BCUT2D eigenvalue weighted by atomic mass is 9.75. The summed E-state index contributed by atoms with van der Waals surface area (Å²) >= 11 is 1.90. The minimum atomic E-state index is 0.163. The van der Waals surface area contributed by atoms with E-state index in [-0.39, 0.29) is 6.04 Å². The second-order valence-electron chi connectivity index (χ2n) is 14.2. The molecule has 3 fully saturated rings. The Morgan fingerprint density at radius 3 is 2.22 bits per heavy atom. The molecule has 2 aliphatic heterocycles. The van der Waals surface area contributed by atoms with Crippen LogP contribution in [0, 0.1) is 11.8 Å². The molecule has 0 radical (unpaired) electrons. The third kappa shape index (κ3) is 8.17. The third-order valence-corrected chi connectivity index (χ3v) is 11.9. The summed E-state index contributed by atoms with van der Waals surface area (Å²) in [4.78, 5) is 16.8. The van der Waals surface area contributed by atoms with Gasteiger partial charge in [0.05, 0.1) is 26.4 Å². The van der Waals surface area contributed by atoms with Crippen molar-refractivity contribution in [3.63, 3.8) is 0 Å². The lowest BCUT2D eigenvalue weighted by molar-refractivity contribution is 0.00165. The van der Waals surface area contributed by atoms with Crippen LogP contribution < -0.4 is 14.5 Å². The lowest BCUT2D eigenvalue weighted by Crippen LogP contribution is -2.46. The number of aromatic nitrogens is 1. The normalized spacial score (nSPS) is 22.0. The van der Waals surface area contributed by atoms with Crippen LogP contribution in [0.3, 0.4) is 0 Å². The zero-order chi connectivity index (χ0) is 33.6. The van der Waals surface area contributed by atoms with E-state index in [1.807, 2.05) is 23.5 Å². The van der Waals surface area contributed by atoms with Gasteiger partial charge in [-0.05, 0) is 86.5 Å². The number of morpholine rings is 1. The second-order valence-corrected chi connectivity index (χ2v) is 15.2. The number of ether oxygens (including phenoxy) is 2. The molecule has 2 unspecified atom stereocenters. The van der Waals surface area contributed by atoms with Gasteiger partial charge in [-0.3, -0.25) is 4.90 Å². The van der Waals surface area contributed by atoms with Gasteiger partial charge in [-0.1, -0.05) is 49.2 Å². The van der Waals surface area contributed by atoms with Crippen LogP contribution >= 0.6 is 11.3 Å². The van der Waals surface area contributed by atoms with Gasteiger partial charge in [-0.25, -0.2) is 4.98 Å². The van der Waals surface area contributed by atoms with E-state index in [4.69, 9.17) is 18.9 Å². The highest BCUT2D eigenvalue weighted by Crippen LogP contribution is 2.44. The number of hydrogen-bond donors (Lipinski definition) is 0. The highest BCUT2D eigenvalue weighted by molar-refractivity contribution is 7.10. The molecule has 2 aromatic carbocycles. The molecule has 3 aliphatic rings. The van der Waals surface area contributed by atoms with Crippen molar-refractivity contribution >= 4 is 22.9 Å². The monoisotopic (exact) mass is 683 g/mol. The van der Waals surface area contributed by atoms with Gasteiger partial charge >= 0.3 is 0 Å². The van der Waals surface area contributed by atoms with E-state index in [1.54, 1.807) is 7.11 Å². The SMILES string of the molecule is COc1ccc(N2CCN(c3oc(C(CC4CCC(C(c5cccs5)N(C)C)CC4)N4CCOCC4)nc3Cc3ccccc3)CC2)cc1. The van der Waals surface area contributed by atoms with Gasteiger partial charge in [0.15, 0.2) is 0 Å². The van der Waals surface area contributed by atoms with Gasteiger partial charge in [0.25, 0.3) is 0 Å². The average molecular weight is 684 g/mol. The fraction of sp³-hybridized carbons (Fsp3) is 0.525. The first-order valence-electron chi connectivity index (χ1n) is 18.2. The van der Waals surface area contributed by atoms with Gasteiger partial charge in [0.1, 0.15) is 11.4 Å². The number of benzene rings is 2. The molecule has 49 heavy (non-hydrogen) atoms. The first-order chi connectivity index (χ1) is 24.1. The average Bonchev–Trinajstić information content (AvgIpc) is 3.83. The largest absolute Gasteiger partial charge is 0.497 e. The Bertz CT molecular complexity index is 1560. The molecule has 0 amide bonds. The van der Waals surface area contributed by atoms with Gasteiger partial charge in [0.2, 0.25) is 11.8 Å². The number of oxazole rings is 1. The smallest absolute Gasteiger partial charge is 0.220 e. The van der Waals surface area contributed by atoms with Crippen molar-refractivity contribution in [1.29, 1.82) is 0 Å². The lowest BCUT2D eigenvalue weighted by Gasteiger charge is -2.39. The number of anilines is 2. The fourth-order valence-corrected chi connectivity index (χ4v) is 9.35. The Morgan fingerprint density at radius 1 is 0.857 bits per heavy atom. The Morgan fingerprint density at radius 2 is 1.57 bits per heavy atom. The summed E-state index contributed by atoms with van der Waals surface area (Å²) in [5, 5.41) is 2.22. The van der Waals surface area contributed by atoms with E-state index in [2.05, 4.69) is 93.7 Å². The highest BCUT2D eigenvalue weighted by Gasteiger charge is 2.36. The Balaban J connectivity index is 1.10. The van der Waals surface area contributed by atoms with Crippen LogP contribution in [0.5, 0.6) is 5.75 Å². The topological polar surface area (TPSA) is 57.5 Å². The van der Waals surface area contributed by atoms with Crippen LogP contribution in [0.2, 0.25) is 0 Å². The van der Waals surface area contributed by atoms with Crippen molar-refractivity contribution in [2.45, 2.75) is 50.6 Å². The van der Waals surface area contributed by atoms with Gasteiger partial charge in [0, 0.05) is 62.3 Å². The molecule has 7 rings (SSSR count). The maximum Gasteiger partial charge on any atom is 0.220 e. The van der Waals surface area contributed by atoms with Crippen LogP contribution in [0.25, 0.3) is 0 Å². The number of rotatable bonds is 12. The molecule has 0 N–H and O–H groups in total. The maximum absolute atomic E-state index is 6.99. The maximum atomic E-state index is 6.99. The number of nitrogens with zero attached hydrogens (tertiary/aromatic N) is 5. The van der Waals surface area contributed by atoms with Gasteiger partial charge < -0.3 is 28.6 Å². The molecule has 8 nitrogen and oxygen atoms in total. The Kier molecular flexibility index (Phi) is 11.2. The van der Waals surface area contributed by atoms with Crippen molar-refractivity contribution in [2.24, 2.45) is 11.8 Å². The van der Waals surface area contributed by atoms with E-state index < -0.39 is 0 Å². The van der Waals surface area contributed by atoms with E-state index in [0.29, 0.717) is 17.9 Å². The summed E-state index contributed by atoms with van der Waals surface area (Å²) in [6, 6.07) is 24.3. The minimum absolute atomic E-state index is 0.163. The van der Waals surface area contributed by atoms with Crippen molar-refractivity contribution in [1.82, 2.24) is 14.8 Å². The summed E-state index contributed by atoms with van der Waals surface area (Å²) in [6.45, 7) is 7.04. The van der Waals surface area contributed by atoms with Crippen LogP contribution in [0.4, 0.5) is 11.6 Å². The molecule has 4 aromatic rings. The zero-order valence-electron chi connectivity index (χ0n) is 29.5. The molecule has 262 valence electrons. The molecule has 0 bridgehead atoms. The number of hydrogen-bond acceptors (Lipinski definition) is 9. The molecule has 4 heterocycles. The highest BCUT2D eigenvalue weighted by atomic mass is 32.1. The van der Waals surface area contributed by atoms with Gasteiger partial charge in [-0.15, -0.1) is 11.3 Å². The molecule has 2 atom stereocenters. The van der Waals surface area contributed by atoms with E-state index in [1.165, 1.54) is 41.8 Å². The quantitative estimate of drug-likeness (QED) is 0.152. The van der Waals surface area contributed by atoms with Crippen molar-refractivity contribution in [3.05, 3.63) is 94.1 Å². The standard InChI is InChI=1S/C40H53N5O3S/c1-42(2)38(37-10-7-27-49-37)32-13-11-31(12-14-32)29-36(44-23-25-47-26-24-44)39-41-35(28-30-8-5-4-6-9-30)40(48-39)45-21-19-43(20-22-45)33-15-17-34(46-3)18-16-33/h4-10,15-18,27,31-32,36,38H,11-14,19-26,28-29H2,1-3H3. The molecule has 2 saturated heterocycles.